The van der Waals surface area contributed by atoms with Gasteiger partial charge in [0, 0.05) is 25.1 Å². The molecule has 32 heavy (non-hydrogen) atoms. The predicted molar refractivity (Wildman–Crippen MR) is 121 cm³/mol. The van der Waals surface area contributed by atoms with Gasteiger partial charge < -0.3 is 19.7 Å². The molecule has 0 spiro atoms. The maximum absolute atomic E-state index is 13.4. The van der Waals surface area contributed by atoms with E-state index in [9.17, 15) is 9.18 Å². The number of rotatable bonds is 10. The maximum atomic E-state index is 13.4. The smallest absolute Gasteiger partial charge is 0.226 e. The molecule has 0 fully saturated rings. The van der Waals surface area contributed by atoms with Crippen LogP contribution in [-0.4, -0.2) is 54.9 Å². The van der Waals surface area contributed by atoms with Gasteiger partial charge in [0.15, 0.2) is 0 Å². The Labute approximate surface area is 187 Å². The van der Waals surface area contributed by atoms with Crippen LogP contribution in [0.2, 0.25) is 0 Å². The molecule has 3 aromatic rings. The minimum atomic E-state index is -0.341. The summed E-state index contributed by atoms with van der Waals surface area (Å²) in [5.41, 5.74) is 2.37. The number of ether oxygens (including phenoxy) is 2. The Hall–Kier alpha value is -3.39. The number of likely N-dealkylation sites (N-methyl/N-ethyl adjacent to an activating group) is 1. The van der Waals surface area contributed by atoms with Crippen molar-refractivity contribution in [3.05, 3.63) is 65.6 Å². The number of hydrogen-bond acceptors (Lipinski definition) is 5. The Balaban J connectivity index is 1.86. The average molecular weight is 441 g/mol. The molecule has 0 bridgehead atoms. The van der Waals surface area contributed by atoms with E-state index in [1.807, 2.05) is 50.2 Å². The van der Waals surface area contributed by atoms with E-state index in [2.05, 4.69) is 10.4 Å². The summed E-state index contributed by atoms with van der Waals surface area (Å²) < 4.78 is 26.4. The summed E-state index contributed by atoms with van der Waals surface area (Å²) in [5, 5.41) is 7.58. The van der Waals surface area contributed by atoms with Gasteiger partial charge in [-0.2, -0.15) is 5.10 Å². The summed E-state index contributed by atoms with van der Waals surface area (Å²) >= 11 is 0. The summed E-state index contributed by atoms with van der Waals surface area (Å²) in [7, 11) is 5.53. The second-order valence-electron chi connectivity index (χ2n) is 7.69. The van der Waals surface area contributed by atoms with Gasteiger partial charge in [0.2, 0.25) is 11.8 Å². The van der Waals surface area contributed by atoms with Crippen molar-refractivity contribution in [2.24, 2.45) is 0 Å². The SMILES string of the molecule is COc1ccc(-n2nc(C)c(CCC(=O)NCCN(C)C)c2Oc2ccc(F)cc2)cc1. The van der Waals surface area contributed by atoms with Crippen LogP contribution in [-0.2, 0) is 11.2 Å². The van der Waals surface area contributed by atoms with E-state index in [1.165, 1.54) is 12.1 Å². The first-order valence-electron chi connectivity index (χ1n) is 10.4. The highest BCUT2D eigenvalue weighted by Crippen LogP contribution is 2.32. The van der Waals surface area contributed by atoms with E-state index < -0.39 is 0 Å². The van der Waals surface area contributed by atoms with Crippen molar-refractivity contribution in [1.29, 1.82) is 0 Å². The lowest BCUT2D eigenvalue weighted by Gasteiger charge is -2.12. The molecule has 0 atom stereocenters. The Morgan fingerprint density at radius 2 is 1.75 bits per heavy atom. The minimum Gasteiger partial charge on any atom is -0.497 e. The van der Waals surface area contributed by atoms with Gasteiger partial charge >= 0.3 is 0 Å². The molecule has 1 amide bonds. The van der Waals surface area contributed by atoms with Crippen LogP contribution in [0.25, 0.3) is 5.69 Å². The first-order chi connectivity index (χ1) is 15.4. The molecular weight excluding hydrogens is 411 g/mol. The molecule has 0 aliphatic carbocycles. The molecule has 7 nitrogen and oxygen atoms in total. The molecule has 1 N–H and O–H groups in total. The molecule has 2 aromatic carbocycles. The molecule has 3 rings (SSSR count). The summed E-state index contributed by atoms with van der Waals surface area (Å²) in [4.78, 5) is 14.3. The highest BCUT2D eigenvalue weighted by molar-refractivity contribution is 5.76. The van der Waals surface area contributed by atoms with E-state index in [1.54, 1.807) is 23.9 Å². The number of carbonyl (C=O) groups excluding carboxylic acids is 1. The number of aryl methyl sites for hydroxylation is 1. The molecular formula is C24H29FN4O3. The normalized spacial score (nSPS) is 10.9. The lowest BCUT2D eigenvalue weighted by Crippen LogP contribution is -2.31. The molecule has 0 aliphatic heterocycles. The first kappa shape index (κ1) is 23.3. The molecule has 0 aliphatic rings. The van der Waals surface area contributed by atoms with Crippen molar-refractivity contribution in [2.45, 2.75) is 19.8 Å². The van der Waals surface area contributed by atoms with E-state index >= 15 is 0 Å². The summed E-state index contributed by atoms with van der Waals surface area (Å²) in [6.45, 7) is 3.25. The summed E-state index contributed by atoms with van der Waals surface area (Å²) in [6.07, 6.45) is 0.772. The second kappa shape index (κ2) is 10.8. The third kappa shape index (κ3) is 6.07. The number of methoxy groups -OCH3 is 1. The van der Waals surface area contributed by atoms with Crippen LogP contribution in [0.4, 0.5) is 4.39 Å². The minimum absolute atomic E-state index is 0.0313. The topological polar surface area (TPSA) is 68.6 Å². The molecule has 0 saturated carbocycles. The van der Waals surface area contributed by atoms with Gasteiger partial charge in [0.25, 0.3) is 0 Å². The highest BCUT2D eigenvalue weighted by atomic mass is 19.1. The Kier molecular flexibility index (Phi) is 7.83. The van der Waals surface area contributed by atoms with Gasteiger partial charge in [0.05, 0.1) is 18.5 Å². The van der Waals surface area contributed by atoms with E-state index in [-0.39, 0.29) is 11.7 Å². The number of carbonyl (C=O) groups is 1. The number of halogens is 1. The molecule has 0 unspecified atom stereocenters. The van der Waals surface area contributed by atoms with Crippen LogP contribution in [0, 0.1) is 12.7 Å². The fourth-order valence-electron chi connectivity index (χ4n) is 3.19. The highest BCUT2D eigenvalue weighted by Gasteiger charge is 2.20. The second-order valence-corrected chi connectivity index (χ2v) is 7.69. The fraction of sp³-hybridized carbons (Fsp3) is 0.333. The summed E-state index contributed by atoms with van der Waals surface area (Å²) in [6, 6.07) is 13.2. The zero-order valence-corrected chi connectivity index (χ0v) is 18.9. The van der Waals surface area contributed by atoms with Crippen LogP contribution in [0.1, 0.15) is 17.7 Å². The zero-order valence-electron chi connectivity index (χ0n) is 18.9. The largest absolute Gasteiger partial charge is 0.497 e. The molecule has 8 heteroatoms. The van der Waals surface area contributed by atoms with Gasteiger partial charge in [-0.15, -0.1) is 0 Å². The predicted octanol–water partition coefficient (Wildman–Crippen LogP) is 3.73. The number of hydrogen-bond donors (Lipinski definition) is 1. The Bertz CT molecular complexity index is 1030. The Morgan fingerprint density at radius 1 is 1.09 bits per heavy atom. The van der Waals surface area contributed by atoms with Gasteiger partial charge in [-0.1, -0.05) is 0 Å². The van der Waals surface area contributed by atoms with Crippen molar-refractivity contribution in [1.82, 2.24) is 20.0 Å². The average Bonchev–Trinajstić information content (AvgIpc) is 3.08. The fourth-order valence-corrected chi connectivity index (χ4v) is 3.19. The van der Waals surface area contributed by atoms with Gasteiger partial charge in [-0.05, 0) is 76.0 Å². The van der Waals surface area contributed by atoms with Crippen molar-refractivity contribution in [3.8, 4) is 23.1 Å². The summed E-state index contributed by atoms with van der Waals surface area (Å²) in [5.74, 6) is 1.34. The molecule has 0 radical (unpaired) electrons. The van der Waals surface area contributed by atoms with E-state index in [4.69, 9.17) is 9.47 Å². The standard InChI is InChI=1S/C24H29FN4O3/c1-17-22(13-14-23(30)26-15-16-28(2)3)24(32-21-9-5-18(25)6-10-21)29(27-17)19-7-11-20(31-4)12-8-19/h5-12H,13-16H2,1-4H3,(H,26,30). The first-order valence-corrected chi connectivity index (χ1v) is 10.4. The maximum Gasteiger partial charge on any atom is 0.226 e. The number of nitrogens with zero attached hydrogens (tertiary/aromatic N) is 3. The van der Waals surface area contributed by atoms with Crippen LogP contribution in [0.3, 0.4) is 0 Å². The van der Waals surface area contributed by atoms with Crippen molar-refractivity contribution < 1.29 is 18.7 Å². The van der Waals surface area contributed by atoms with Gasteiger partial charge in [0.1, 0.15) is 17.3 Å². The van der Waals surface area contributed by atoms with Crippen LogP contribution in [0.15, 0.2) is 48.5 Å². The number of nitrogens with one attached hydrogen (secondary N) is 1. The third-order valence-corrected chi connectivity index (χ3v) is 4.97. The van der Waals surface area contributed by atoms with Crippen LogP contribution < -0.4 is 14.8 Å². The zero-order chi connectivity index (χ0) is 23.1. The molecule has 1 heterocycles. The third-order valence-electron chi connectivity index (χ3n) is 4.97. The van der Waals surface area contributed by atoms with E-state index in [0.29, 0.717) is 31.0 Å². The Morgan fingerprint density at radius 3 is 2.38 bits per heavy atom. The van der Waals surface area contributed by atoms with Gasteiger partial charge in [-0.3, -0.25) is 4.79 Å². The van der Waals surface area contributed by atoms with Crippen LogP contribution in [0.5, 0.6) is 17.4 Å². The van der Waals surface area contributed by atoms with E-state index in [0.717, 1.165) is 29.2 Å². The van der Waals surface area contributed by atoms with Crippen molar-refractivity contribution >= 4 is 5.91 Å². The molecule has 0 saturated heterocycles. The van der Waals surface area contributed by atoms with Crippen LogP contribution >= 0.6 is 0 Å². The lowest BCUT2D eigenvalue weighted by molar-refractivity contribution is -0.121. The molecule has 1 aromatic heterocycles. The number of amides is 1. The number of benzene rings is 2. The quantitative estimate of drug-likeness (QED) is 0.520. The monoisotopic (exact) mass is 440 g/mol. The molecule has 170 valence electrons. The van der Waals surface area contributed by atoms with Crippen molar-refractivity contribution in [3.63, 3.8) is 0 Å². The lowest BCUT2D eigenvalue weighted by atomic mass is 10.1. The van der Waals surface area contributed by atoms with Crippen molar-refractivity contribution in [2.75, 3.05) is 34.3 Å². The van der Waals surface area contributed by atoms with Gasteiger partial charge in [-0.25, -0.2) is 9.07 Å². The number of aromatic nitrogens is 2.